The van der Waals surface area contributed by atoms with Crippen molar-refractivity contribution < 1.29 is 14.1 Å². The molecule has 2 aromatic carbocycles. The van der Waals surface area contributed by atoms with Crippen molar-refractivity contribution in [2.45, 2.75) is 19.5 Å². The molecule has 0 fully saturated rings. The molecule has 34 heavy (non-hydrogen) atoms. The summed E-state index contributed by atoms with van der Waals surface area (Å²) in [6, 6.07) is 18.1. The van der Waals surface area contributed by atoms with Crippen LogP contribution in [-0.2, 0) is 6.54 Å². The Balaban J connectivity index is 1.61. The Labute approximate surface area is 205 Å². The highest BCUT2D eigenvalue weighted by Gasteiger charge is 2.36. The van der Waals surface area contributed by atoms with Crippen LogP contribution in [0.1, 0.15) is 29.3 Å². The van der Waals surface area contributed by atoms with E-state index >= 15 is 0 Å². The molecule has 1 aliphatic heterocycles. The largest absolute Gasteiger partial charge is 0.497 e. The number of aromatic nitrogens is 2. The average molecular weight is 493 g/mol. The van der Waals surface area contributed by atoms with Crippen molar-refractivity contribution in [1.29, 1.82) is 0 Å². The summed E-state index contributed by atoms with van der Waals surface area (Å²) in [5.74, 6) is 1.44. The summed E-state index contributed by atoms with van der Waals surface area (Å²) in [4.78, 5) is 20.6. The van der Waals surface area contributed by atoms with Crippen LogP contribution in [0.15, 0.2) is 76.3 Å². The fourth-order valence-electron chi connectivity index (χ4n) is 3.96. The Morgan fingerprint density at radius 1 is 1.18 bits per heavy atom. The van der Waals surface area contributed by atoms with Gasteiger partial charge in [-0.1, -0.05) is 47.1 Å². The lowest BCUT2D eigenvalue weighted by Crippen LogP contribution is -2.45. The summed E-state index contributed by atoms with van der Waals surface area (Å²) >= 11 is 7.75. The molecule has 1 N–H and O–H groups in total. The number of carbonyl (C=O) groups is 1. The van der Waals surface area contributed by atoms with Gasteiger partial charge in [0.15, 0.2) is 0 Å². The molecule has 4 aromatic rings. The predicted octanol–water partition coefficient (Wildman–Crippen LogP) is 6.16. The molecule has 0 spiro atoms. The highest BCUT2D eigenvalue weighted by molar-refractivity contribution is 7.09. The summed E-state index contributed by atoms with van der Waals surface area (Å²) in [6.07, 6.45) is 0. The quantitative estimate of drug-likeness (QED) is 0.348. The molecule has 2 amide bonds. The molecule has 1 unspecified atom stereocenters. The Morgan fingerprint density at radius 2 is 2.03 bits per heavy atom. The van der Waals surface area contributed by atoms with Crippen molar-refractivity contribution in [1.82, 2.24) is 20.4 Å². The first-order valence-electron chi connectivity index (χ1n) is 10.6. The second-order valence-electron chi connectivity index (χ2n) is 7.76. The molecule has 0 saturated heterocycles. The van der Waals surface area contributed by atoms with Gasteiger partial charge in [0.05, 0.1) is 25.3 Å². The third kappa shape index (κ3) is 4.30. The van der Waals surface area contributed by atoms with E-state index in [4.69, 9.17) is 20.9 Å². The number of ether oxygens (including phenoxy) is 1. The topological polar surface area (TPSA) is 80.5 Å². The van der Waals surface area contributed by atoms with Gasteiger partial charge in [-0.25, -0.2) is 4.79 Å². The van der Waals surface area contributed by atoms with Crippen LogP contribution in [0.4, 0.5) is 4.79 Å². The molecule has 0 aliphatic carbocycles. The molecule has 172 valence electrons. The van der Waals surface area contributed by atoms with Gasteiger partial charge in [-0.2, -0.15) is 4.98 Å². The molecule has 1 atom stereocenters. The number of nitrogens with zero attached hydrogens (tertiary/aromatic N) is 3. The summed E-state index contributed by atoms with van der Waals surface area (Å²) in [5, 5.41) is 9.87. The van der Waals surface area contributed by atoms with Gasteiger partial charge in [0.2, 0.25) is 5.82 Å². The van der Waals surface area contributed by atoms with E-state index in [0.29, 0.717) is 29.0 Å². The molecular weight excluding hydrogens is 472 g/mol. The number of nitrogens with one attached hydrogen (secondary N) is 1. The summed E-state index contributed by atoms with van der Waals surface area (Å²) in [7, 11) is 1.61. The van der Waals surface area contributed by atoms with E-state index in [1.54, 1.807) is 35.5 Å². The SMILES string of the molecule is COc1cccc(C2NC(=O)N(Cc3cccs3)C(C)=C2c2nc(-c3cccc(Cl)c3)no2)c1. The molecule has 2 aromatic heterocycles. The minimum Gasteiger partial charge on any atom is -0.497 e. The maximum atomic E-state index is 13.2. The van der Waals surface area contributed by atoms with E-state index in [-0.39, 0.29) is 6.03 Å². The third-order valence-electron chi connectivity index (χ3n) is 5.66. The lowest BCUT2D eigenvalue weighted by molar-refractivity contribution is 0.203. The van der Waals surface area contributed by atoms with Crippen LogP contribution in [0.3, 0.4) is 0 Å². The predicted molar refractivity (Wildman–Crippen MR) is 131 cm³/mol. The van der Waals surface area contributed by atoms with Crippen molar-refractivity contribution in [3.05, 3.63) is 93.1 Å². The summed E-state index contributed by atoms with van der Waals surface area (Å²) in [5.41, 5.74) is 3.06. The normalized spacial score (nSPS) is 16.0. The first kappa shape index (κ1) is 22.2. The van der Waals surface area contributed by atoms with Crippen molar-refractivity contribution in [3.63, 3.8) is 0 Å². The maximum Gasteiger partial charge on any atom is 0.322 e. The molecular formula is C25H21ClN4O3S. The molecule has 9 heteroatoms. The second kappa shape index (κ2) is 9.32. The van der Waals surface area contributed by atoms with Crippen LogP contribution < -0.4 is 10.1 Å². The highest BCUT2D eigenvalue weighted by atomic mass is 35.5. The maximum absolute atomic E-state index is 13.2. The lowest BCUT2D eigenvalue weighted by Gasteiger charge is -2.35. The van der Waals surface area contributed by atoms with Gasteiger partial charge in [0.25, 0.3) is 5.89 Å². The second-order valence-corrected chi connectivity index (χ2v) is 9.23. The molecule has 5 rings (SSSR count). The summed E-state index contributed by atoms with van der Waals surface area (Å²) < 4.78 is 11.1. The number of halogens is 1. The number of hydrogen-bond donors (Lipinski definition) is 1. The zero-order chi connectivity index (χ0) is 23.7. The standard InChI is InChI=1S/C25H21ClN4O3S/c1-15-21(24-28-23(29-33-24)17-7-3-8-18(26)12-17)22(16-6-4-9-19(13-16)32-2)27-25(31)30(15)14-20-10-5-11-34-20/h3-13,22H,14H2,1-2H3,(H,27,31). The summed E-state index contributed by atoms with van der Waals surface area (Å²) in [6.45, 7) is 2.34. The zero-order valence-corrected chi connectivity index (χ0v) is 20.1. The average Bonchev–Trinajstić information content (AvgIpc) is 3.54. The highest BCUT2D eigenvalue weighted by Crippen LogP contribution is 2.39. The minimum atomic E-state index is -0.491. The van der Waals surface area contributed by atoms with Gasteiger partial charge >= 0.3 is 6.03 Å². The van der Waals surface area contributed by atoms with Crippen molar-refractivity contribution in [2.75, 3.05) is 7.11 Å². The Hall–Kier alpha value is -3.62. The van der Waals surface area contributed by atoms with E-state index < -0.39 is 6.04 Å². The van der Waals surface area contributed by atoms with E-state index in [9.17, 15) is 4.79 Å². The Kier molecular flexibility index (Phi) is 6.08. The van der Waals surface area contributed by atoms with E-state index in [2.05, 4.69) is 15.5 Å². The molecule has 3 heterocycles. The van der Waals surface area contributed by atoms with E-state index in [1.807, 2.05) is 60.8 Å². The first-order valence-corrected chi connectivity index (χ1v) is 11.8. The smallest absolute Gasteiger partial charge is 0.322 e. The number of hydrogen-bond acceptors (Lipinski definition) is 6. The van der Waals surface area contributed by atoms with Gasteiger partial charge in [-0.05, 0) is 48.2 Å². The molecule has 7 nitrogen and oxygen atoms in total. The molecule has 0 radical (unpaired) electrons. The van der Waals surface area contributed by atoms with Gasteiger partial charge in [-0.3, -0.25) is 4.90 Å². The number of allylic oxidation sites excluding steroid dienone is 1. The number of carbonyl (C=O) groups excluding carboxylic acids is 1. The van der Waals surface area contributed by atoms with Gasteiger partial charge in [-0.15, -0.1) is 11.3 Å². The van der Waals surface area contributed by atoms with Crippen LogP contribution in [-0.4, -0.2) is 28.2 Å². The van der Waals surface area contributed by atoms with Crippen LogP contribution in [0.2, 0.25) is 5.02 Å². The Morgan fingerprint density at radius 3 is 2.79 bits per heavy atom. The zero-order valence-electron chi connectivity index (χ0n) is 18.5. The number of rotatable bonds is 6. The molecule has 0 saturated carbocycles. The molecule has 0 bridgehead atoms. The van der Waals surface area contributed by atoms with Crippen LogP contribution in [0, 0.1) is 0 Å². The van der Waals surface area contributed by atoms with Gasteiger partial charge < -0.3 is 14.6 Å². The first-order chi connectivity index (χ1) is 16.5. The molecule has 1 aliphatic rings. The number of methoxy groups -OCH3 is 1. The minimum absolute atomic E-state index is 0.197. The van der Waals surface area contributed by atoms with Crippen molar-refractivity contribution in [3.8, 4) is 17.1 Å². The number of amides is 2. The lowest BCUT2D eigenvalue weighted by atomic mass is 9.94. The fraction of sp³-hybridized carbons (Fsp3) is 0.160. The number of thiophene rings is 1. The van der Waals surface area contributed by atoms with E-state index in [0.717, 1.165) is 27.3 Å². The van der Waals surface area contributed by atoms with E-state index in [1.165, 1.54) is 0 Å². The van der Waals surface area contributed by atoms with Crippen molar-refractivity contribution >= 4 is 34.5 Å². The Bertz CT molecular complexity index is 1370. The van der Waals surface area contributed by atoms with Crippen molar-refractivity contribution in [2.24, 2.45) is 0 Å². The fourth-order valence-corrected chi connectivity index (χ4v) is 4.84. The van der Waals surface area contributed by atoms with Gasteiger partial charge in [0, 0.05) is 21.2 Å². The monoisotopic (exact) mass is 492 g/mol. The van der Waals surface area contributed by atoms with Crippen LogP contribution in [0.5, 0.6) is 5.75 Å². The van der Waals surface area contributed by atoms with Crippen LogP contribution >= 0.6 is 22.9 Å². The third-order valence-corrected chi connectivity index (χ3v) is 6.75. The van der Waals surface area contributed by atoms with Gasteiger partial charge in [0.1, 0.15) is 5.75 Å². The number of urea groups is 1. The number of benzene rings is 2. The van der Waals surface area contributed by atoms with Crippen LogP contribution in [0.25, 0.3) is 17.0 Å².